The minimum absolute atomic E-state index is 0.535. The third-order valence-electron chi connectivity index (χ3n) is 5.09. The first-order valence-corrected chi connectivity index (χ1v) is 9.71. The molecule has 1 fully saturated rings. The Labute approximate surface area is 170 Å². The van der Waals surface area contributed by atoms with Gasteiger partial charge in [-0.05, 0) is 24.3 Å². The number of benzene rings is 1. The van der Waals surface area contributed by atoms with Crippen molar-refractivity contribution >= 4 is 38.6 Å². The number of nitrogens with one attached hydrogen (secondary N) is 1. The number of H-pyrrole nitrogens is 1. The van der Waals surface area contributed by atoms with Crippen LogP contribution < -0.4 is 4.90 Å². The van der Waals surface area contributed by atoms with Crippen molar-refractivity contribution < 1.29 is 9.90 Å². The number of piperazine rings is 1. The average molecular weight is 440 g/mol. The lowest BCUT2D eigenvalue weighted by Crippen LogP contribution is -2.49. The monoisotopic (exact) mass is 439 g/mol. The van der Waals surface area contributed by atoms with Crippen LogP contribution in [0.3, 0.4) is 0 Å². The fourth-order valence-corrected chi connectivity index (χ4v) is 4.12. The van der Waals surface area contributed by atoms with E-state index in [0.717, 1.165) is 20.9 Å². The highest BCUT2D eigenvalue weighted by molar-refractivity contribution is 9.10. The zero-order chi connectivity index (χ0) is 19.7. The number of hydrogen-bond acceptors (Lipinski definition) is 5. The number of halogens is 1. The molecule has 8 heteroatoms. The maximum Gasteiger partial charge on any atom is 0.325 e. The first kappa shape index (κ1) is 18.5. The number of hydrogen-bond donors (Lipinski definition) is 2. The van der Waals surface area contributed by atoms with Gasteiger partial charge >= 0.3 is 5.97 Å². The normalized spacial score (nSPS) is 16.1. The number of rotatable bonds is 4. The Morgan fingerprint density at radius 2 is 2.07 bits per heavy atom. The van der Waals surface area contributed by atoms with E-state index in [1.165, 1.54) is 0 Å². The van der Waals surface area contributed by atoms with Gasteiger partial charge in [0.25, 0.3) is 0 Å². The van der Waals surface area contributed by atoms with Crippen LogP contribution in [0.25, 0.3) is 10.9 Å². The van der Waals surface area contributed by atoms with Crippen molar-refractivity contribution in [1.82, 2.24) is 14.9 Å². The second-order valence-corrected chi connectivity index (χ2v) is 7.60. The quantitative estimate of drug-likeness (QED) is 0.647. The first-order valence-electron chi connectivity index (χ1n) is 8.92. The molecule has 0 radical (unpaired) electrons. The number of carboxylic acid groups (broad SMARTS) is 1. The van der Waals surface area contributed by atoms with E-state index in [0.29, 0.717) is 37.6 Å². The number of carbonyl (C=O) groups is 1. The molecule has 1 aromatic carbocycles. The maximum absolute atomic E-state index is 12.1. The SMILES string of the molecule is N#Cc1cccnc1N1CCN(C(C(=O)O)c2c[nH]c3cc(Br)ccc23)CC1. The molecule has 0 amide bonds. The number of aromatic amines is 1. The minimum atomic E-state index is -0.868. The topological polar surface area (TPSA) is 96.2 Å². The van der Waals surface area contributed by atoms with Crippen LogP contribution in [0.4, 0.5) is 5.82 Å². The van der Waals surface area contributed by atoms with E-state index in [9.17, 15) is 15.2 Å². The molecule has 0 spiro atoms. The molecule has 3 aromatic rings. The first-order chi connectivity index (χ1) is 13.6. The number of aliphatic carboxylic acids is 1. The van der Waals surface area contributed by atoms with Gasteiger partial charge in [-0.2, -0.15) is 5.26 Å². The minimum Gasteiger partial charge on any atom is -0.480 e. The number of fused-ring (bicyclic) bond motifs is 1. The van der Waals surface area contributed by atoms with Crippen molar-refractivity contribution in [1.29, 1.82) is 5.26 Å². The molecule has 7 nitrogen and oxygen atoms in total. The van der Waals surface area contributed by atoms with Crippen molar-refractivity contribution in [3.05, 3.63) is 58.3 Å². The third-order valence-corrected chi connectivity index (χ3v) is 5.58. The fourth-order valence-electron chi connectivity index (χ4n) is 3.76. The molecule has 2 aromatic heterocycles. The second-order valence-electron chi connectivity index (χ2n) is 6.68. The zero-order valence-electron chi connectivity index (χ0n) is 15.0. The lowest BCUT2D eigenvalue weighted by molar-refractivity contribution is -0.143. The summed E-state index contributed by atoms with van der Waals surface area (Å²) >= 11 is 3.44. The van der Waals surface area contributed by atoms with Crippen molar-refractivity contribution in [3.63, 3.8) is 0 Å². The van der Waals surface area contributed by atoms with Gasteiger partial charge in [0.15, 0.2) is 0 Å². The van der Waals surface area contributed by atoms with Crippen molar-refractivity contribution in [3.8, 4) is 6.07 Å². The number of nitrogens with zero attached hydrogens (tertiary/aromatic N) is 4. The average Bonchev–Trinajstić information content (AvgIpc) is 3.11. The van der Waals surface area contributed by atoms with Crippen LogP contribution in [0.5, 0.6) is 0 Å². The lowest BCUT2D eigenvalue weighted by Gasteiger charge is -2.38. The molecule has 0 bridgehead atoms. The molecule has 1 aliphatic heterocycles. The molecule has 1 aliphatic rings. The van der Waals surface area contributed by atoms with Crippen LogP contribution >= 0.6 is 15.9 Å². The standard InChI is InChI=1S/C20H18BrN5O2/c21-14-3-4-15-16(12-24-17(15)10-14)18(20(27)28)25-6-8-26(9-7-25)19-13(11-22)2-1-5-23-19/h1-5,10,12,18,24H,6-9H2,(H,27,28). The van der Waals surface area contributed by atoms with Crippen LogP contribution in [0, 0.1) is 11.3 Å². The summed E-state index contributed by atoms with van der Waals surface area (Å²) in [6.07, 6.45) is 3.46. The number of anilines is 1. The Kier molecular flexibility index (Phi) is 5.03. The van der Waals surface area contributed by atoms with Gasteiger partial charge in [0.2, 0.25) is 0 Å². The molecule has 0 saturated carbocycles. The summed E-state index contributed by atoms with van der Waals surface area (Å²) in [6, 6.07) is 10.7. The van der Waals surface area contributed by atoms with Gasteiger partial charge in [-0.15, -0.1) is 0 Å². The Morgan fingerprint density at radius 1 is 1.29 bits per heavy atom. The van der Waals surface area contributed by atoms with Gasteiger partial charge in [0, 0.05) is 59.5 Å². The van der Waals surface area contributed by atoms with Gasteiger partial charge in [0.1, 0.15) is 17.9 Å². The highest BCUT2D eigenvalue weighted by Crippen LogP contribution is 2.31. The highest BCUT2D eigenvalue weighted by Gasteiger charge is 2.32. The molecule has 142 valence electrons. The molecule has 1 saturated heterocycles. The summed E-state index contributed by atoms with van der Waals surface area (Å²) in [7, 11) is 0. The van der Waals surface area contributed by atoms with E-state index >= 15 is 0 Å². The Bertz CT molecular complexity index is 1070. The van der Waals surface area contributed by atoms with E-state index in [2.05, 4.69) is 32.0 Å². The van der Waals surface area contributed by atoms with Gasteiger partial charge in [-0.25, -0.2) is 4.98 Å². The van der Waals surface area contributed by atoms with Crippen LogP contribution in [-0.4, -0.2) is 52.1 Å². The van der Waals surface area contributed by atoms with E-state index in [1.54, 1.807) is 24.5 Å². The predicted molar refractivity (Wildman–Crippen MR) is 109 cm³/mol. The van der Waals surface area contributed by atoms with Crippen LogP contribution in [0.2, 0.25) is 0 Å². The molecule has 4 rings (SSSR count). The van der Waals surface area contributed by atoms with Gasteiger partial charge in [-0.3, -0.25) is 9.69 Å². The summed E-state index contributed by atoms with van der Waals surface area (Å²) in [4.78, 5) is 23.7. The molecular formula is C20H18BrN5O2. The Hall–Kier alpha value is -2.89. The van der Waals surface area contributed by atoms with Crippen LogP contribution in [0.1, 0.15) is 17.2 Å². The van der Waals surface area contributed by atoms with Gasteiger partial charge < -0.3 is 15.0 Å². The number of carboxylic acids is 1. The molecule has 28 heavy (non-hydrogen) atoms. The molecule has 0 aliphatic carbocycles. The lowest BCUT2D eigenvalue weighted by atomic mass is 10.0. The van der Waals surface area contributed by atoms with Crippen LogP contribution in [0.15, 0.2) is 47.2 Å². The Morgan fingerprint density at radius 3 is 2.79 bits per heavy atom. The zero-order valence-corrected chi connectivity index (χ0v) is 16.6. The molecule has 1 unspecified atom stereocenters. The smallest absolute Gasteiger partial charge is 0.325 e. The third kappa shape index (κ3) is 3.35. The molecular weight excluding hydrogens is 422 g/mol. The maximum atomic E-state index is 12.1. The fraction of sp³-hybridized carbons (Fsp3) is 0.250. The van der Waals surface area contributed by atoms with Crippen molar-refractivity contribution in [2.45, 2.75) is 6.04 Å². The van der Waals surface area contributed by atoms with E-state index in [-0.39, 0.29) is 0 Å². The number of pyridine rings is 1. The van der Waals surface area contributed by atoms with Crippen LogP contribution in [-0.2, 0) is 4.79 Å². The second kappa shape index (κ2) is 7.62. The van der Waals surface area contributed by atoms with Gasteiger partial charge in [0.05, 0.1) is 5.56 Å². The summed E-state index contributed by atoms with van der Waals surface area (Å²) in [5, 5.41) is 20.1. The van der Waals surface area contributed by atoms with E-state index in [4.69, 9.17) is 0 Å². The summed E-state index contributed by atoms with van der Waals surface area (Å²) in [5.41, 5.74) is 2.20. The number of nitriles is 1. The van der Waals surface area contributed by atoms with Crippen molar-refractivity contribution in [2.75, 3.05) is 31.1 Å². The molecule has 2 N–H and O–H groups in total. The Balaban J connectivity index is 1.57. The van der Waals surface area contributed by atoms with E-state index < -0.39 is 12.0 Å². The van der Waals surface area contributed by atoms with E-state index in [1.807, 2.05) is 28.0 Å². The summed E-state index contributed by atoms with van der Waals surface area (Å²) < 4.78 is 0.942. The largest absolute Gasteiger partial charge is 0.480 e. The number of aromatic nitrogens is 2. The summed E-state index contributed by atoms with van der Waals surface area (Å²) in [5.74, 6) is -0.207. The molecule has 1 atom stereocenters. The summed E-state index contributed by atoms with van der Waals surface area (Å²) in [6.45, 7) is 2.37. The van der Waals surface area contributed by atoms with Crippen molar-refractivity contribution in [2.24, 2.45) is 0 Å². The molecule has 3 heterocycles. The van der Waals surface area contributed by atoms with Gasteiger partial charge in [-0.1, -0.05) is 22.0 Å². The predicted octanol–water partition coefficient (Wildman–Crippen LogP) is 3.14. The highest BCUT2D eigenvalue weighted by atomic mass is 79.9.